The van der Waals surface area contributed by atoms with Crippen molar-refractivity contribution < 1.29 is 9.53 Å². The summed E-state index contributed by atoms with van der Waals surface area (Å²) < 4.78 is 5.73. The van der Waals surface area contributed by atoms with Crippen LogP contribution in [0.25, 0.3) is 0 Å². The SMILES string of the molecule is Cc1cc(Oc2ccnc(C(N)=O)c2C)ccc1N. The Kier molecular flexibility index (Phi) is 3.37. The van der Waals surface area contributed by atoms with Crippen molar-refractivity contribution in [2.24, 2.45) is 5.73 Å². The van der Waals surface area contributed by atoms with Gasteiger partial charge in [-0.15, -0.1) is 0 Å². The fourth-order valence-corrected chi connectivity index (χ4v) is 1.72. The molecule has 19 heavy (non-hydrogen) atoms. The lowest BCUT2D eigenvalue weighted by atomic mass is 10.2. The molecule has 1 heterocycles. The molecule has 5 nitrogen and oxygen atoms in total. The summed E-state index contributed by atoms with van der Waals surface area (Å²) in [6.07, 6.45) is 1.49. The van der Waals surface area contributed by atoms with Crippen LogP contribution in [0.1, 0.15) is 21.6 Å². The number of carbonyl (C=O) groups is 1. The zero-order valence-corrected chi connectivity index (χ0v) is 10.8. The highest BCUT2D eigenvalue weighted by molar-refractivity contribution is 5.92. The number of aryl methyl sites for hydroxylation is 1. The minimum absolute atomic E-state index is 0.213. The summed E-state index contributed by atoms with van der Waals surface area (Å²) >= 11 is 0. The first-order chi connectivity index (χ1) is 8.99. The van der Waals surface area contributed by atoms with Crippen molar-refractivity contribution in [3.8, 4) is 11.5 Å². The molecule has 0 atom stereocenters. The number of rotatable bonds is 3. The number of ether oxygens (including phenoxy) is 1. The van der Waals surface area contributed by atoms with Crippen LogP contribution in [0.3, 0.4) is 0 Å². The number of anilines is 1. The highest BCUT2D eigenvalue weighted by Gasteiger charge is 2.11. The van der Waals surface area contributed by atoms with E-state index in [1.807, 2.05) is 13.0 Å². The average molecular weight is 257 g/mol. The third kappa shape index (κ3) is 2.65. The number of nitrogens with two attached hydrogens (primary N) is 2. The monoisotopic (exact) mass is 257 g/mol. The Hall–Kier alpha value is -2.56. The first-order valence-electron chi connectivity index (χ1n) is 5.78. The summed E-state index contributed by atoms with van der Waals surface area (Å²) in [5.41, 5.74) is 13.5. The Morgan fingerprint density at radius 2 is 2.00 bits per heavy atom. The first kappa shape index (κ1) is 12.9. The number of aromatic nitrogens is 1. The van der Waals surface area contributed by atoms with Crippen molar-refractivity contribution in [3.05, 3.63) is 47.3 Å². The predicted molar refractivity (Wildman–Crippen MR) is 73.2 cm³/mol. The van der Waals surface area contributed by atoms with E-state index in [0.29, 0.717) is 22.7 Å². The lowest BCUT2D eigenvalue weighted by Crippen LogP contribution is -2.15. The number of hydrogen-bond donors (Lipinski definition) is 2. The molecule has 0 spiro atoms. The van der Waals surface area contributed by atoms with E-state index in [1.54, 1.807) is 25.1 Å². The quantitative estimate of drug-likeness (QED) is 0.824. The van der Waals surface area contributed by atoms with Crippen LogP contribution >= 0.6 is 0 Å². The minimum atomic E-state index is -0.573. The van der Waals surface area contributed by atoms with Gasteiger partial charge in [0.15, 0.2) is 0 Å². The maximum Gasteiger partial charge on any atom is 0.267 e. The van der Waals surface area contributed by atoms with Gasteiger partial charge < -0.3 is 16.2 Å². The molecule has 1 amide bonds. The Morgan fingerprint density at radius 1 is 1.26 bits per heavy atom. The molecule has 0 fully saturated rings. The van der Waals surface area contributed by atoms with Gasteiger partial charge in [0.1, 0.15) is 17.2 Å². The molecular weight excluding hydrogens is 242 g/mol. The van der Waals surface area contributed by atoms with Gasteiger partial charge in [0.05, 0.1) is 0 Å². The molecule has 2 aromatic rings. The van der Waals surface area contributed by atoms with E-state index < -0.39 is 5.91 Å². The maximum atomic E-state index is 11.2. The molecule has 4 N–H and O–H groups in total. The predicted octanol–water partition coefficient (Wildman–Crippen LogP) is 2.17. The number of hydrogen-bond acceptors (Lipinski definition) is 4. The van der Waals surface area contributed by atoms with Crippen molar-refractivity contribution in [2.75, 3.05) is 5.73 Å². The number of pyridine rings is 1. The van der Waals surface area contributed by atoms with Crippen LogP contribution in [-0.4, -0.2) is 10.9 Å². The molecule has 0 saturated heterocycles. The van der Waals surface area contributed by atoms with Gasteiger partial charge in [0.2, 0.25) is 0 Å². The fraction of sp³-hybridized carbons (Fsp3) is 0.143. The van der Waals surface area contributed by atoms with Crippen molar-refractivity contribution in [3.63, 3.8) is 0 Å². The molecule has 0 bridgehead atoms. The summed E-state index contributed by atoms with van der Waals surface area (Å²) in [4.78, 5) is 15.2. The summed E-state index contributed by atoms with van der Waals surface area (Å²) in [6, 6.07) is 7.06. The van der Waals surface area contributed by atoms with Gasteiger partial charge in [-0.25, -0.2) is 0 Å². The molecule has 0 aliphatic heterocycles. The number of primary amides is 1. The topological polar surface area (TPSA) is 91.2 Å². The second kappa shape index (κ2) is 4.97. The van der Waals surface area contributed by atoms with Gasteiger partial charge in [-0.2, -0.15) is 0 Å². The van der Waals surface area contributed by atoms with Gasteiger partial charge in [0, 0.05) is 17.4 Å². The second-order valence-electron chi connectivity index (χ2n) is 4.27. The maximum absolute atomic E-state index is 11.2. The summed E-state index contributed by atoms with van der Waals surface area (Å²) in [5, 5.41) is 0. The van der Waals surface area contributed by atoms with Gasteiger partial charge in [0.25, 0.3) is 5.91 Å². The Labute approximate surface area is 111 Å². The highest BCUT2D eigenvalue weighted by atomic mass is 16.5. The van der Waals surface area contributed by atoms with E-state index in [9.17, 15) is 4.79 Å². The first-order valence-corrected chi connectivity index (χ1v) is 5.78. The van der Waals surface area contributed by atoms with E-state index in [2.05, 4.69) is 4.98 Å². The lowest BCUT2D eigenvalue weighted by molar-refractivity contribution is 0.0994. The van der Waals surface area contributed by atoms with Crippen LogP contribution in [0.2, 0.25) is 0 Å². The number of amides is 1. The van der Waals surface area contributed by atoms with Gasteiger partial charge in [-0.1, -0.05) is 0 Å². The molecule has 0 radical (unpaired) electrons. The molecule has 0 aliphatic rings. The molecular formula is C14H15N3O2. The largest absolute Gasteiger partial charge is 0.457 e. The molecule has 98 valence electrons. The third-order valence-electron chi connectivity index (χ3n) is 2.86. The zero-order chi connectivity index (χ0) is 14.0. The van der Waals surface area contributed by atoms with Crippen LogP contribution in [-0.2, 0) is 0 Å². The number of benzene rings is 1. The normalized spacial score (nSPS) is 10.2. The Bertz CT molecular complexity index is 639. The Morgan fingerprint density at radius 3 is 2.63 bits per heavy atom. The zero-order valence-electron chi connectivity index (χ0n) is 10.8. The van der Waals surface area contributed by atoms with E-state index in [0.717, 1.165) is 5.56 Å². The van der Waals surface area contributed by atoms with Gasteiger partial charge in [-0.05, 0) is 43.7 Å². The van der Waals surface area contributed by atoms with Crippen LogP contribution < -0.4 is 16.2 Å². The van der Waals surface area contributed by atoms with E-state index in [4.69, 9.17) is 16.2 Å². The van der Waals surface area contributed by atoms with Gasteiger partial charge in [-0.3, -0.25) is 9.78 Å². The molecule has 5 heteroatoms. The molecule has 1 aromatic carbocycles. The van der Waals surface area contributed by atoms with Crippen molar-refractivity contribution in [2.45, 2.75) is 13.8 Å². The third-order valence-corrected chi connectivity index (χ3v) is 2.86. The summed E-state index contributed by atoms with van der Waals surface area (Å²) in [6.45, 7) is 3.64. The van der Waals surface area contributed by atoms with Crippen molar-refractivity contribution in [1.82, 2.24) is 4.98 Å². The van der Waals surface area contributed by atoms with Crippen LogP contribution in [0.5, 0.6) is 11.5 Å². The van der Waals surface area contributed by atoms with Crippen molar-refractivity contribution >= 4 is 11.6 Å². The van der Waals surface area contributed by atoms with E-state index >= 15 is 0 Å². The summed E-state index contributed by atoms with van der Waals surface area (Å²) in [5.74, 6) is 0.626. The smallest absolute Gasteiger partial charge is 0.267 e. The highest BCUT2D eigenvalue weighted by Crippen LogP contribution is 2.27. The van der Waals surface area contributed by atoms with Crippen molar-refractivity contribution in [1.29, 1.82) is 0 Å². The van der Waals surface area contributed by atoms with Crippen LogP contribution in [0.4, 0.5) is 5.69 Å². The Balaban J connectivity index is 2.35. The fourth-order valence-electron chi connectivity index (χ4n) is 1.72. The van der Waals surface area contributed by atoms with Crippen LogP contribution in [0, 0.1) is 13.8 Å². The minimum Gasteiger partial charge on any atom is -0.457 e. The molecule has 0 unspecified atom stereocenters. The number of nitrogen functional groups attached to an aromatic ring is 1. The number of nitrogens with zero attached hydrogens (tertiary/aromatic N) is 1. The molecule has 0 aliphatic carbocycles. The van der Waals surface area contributed by atoms with E-state index in [1.165, 1.54) is 6.20 Å². The standard InChI is InChI=1S/C14H15N3O2/c1-8-7-10(3-4-11(8)15)19-12-5-6-17-13(9(12)2)14(16)18/h3-7H,15H2,1-2H3,(H2,16,18). The average Bonchev–Trinajstić information content (AvgIpc) is 2.36. The van der Waals surface area contributed by atoms with E-state index in [-0.39, 0.29) is 5.69 Å². The molecule has 0 saturated carbocycles. The lowest BCUT2D eigenvalue weighted by Gasteiger charge is -2.11. The second-order valence-corrected chi connectivity index (χ2v) is 4.27. The number of carbonyl (C=O) groups excluding carboxylic acids is 1. The van der Waals surface area contributed by atoms with Crippen LogP contribution in [0.15, 0.2) is 30.5 Å². The molecule has 2 rings (SSSR count). The molecule has 1 aromatic heterocycles. The summed E-state index contributed by atoms with van der Waals surface area (Å²) in [7, 11) is 0. The van der Waals surface area contributed by atoms with Gasteiger partial charge >= 0.3 is 0 Å².